The molecule has 1 spiro atoms. The van der Waals surface area contributed by atoms with Crippen molar-refractivity contribution in [2.45, 2.75) is 72.0 Å². The zero-order valence-electron chi connectivity index (χ0n) is 25.9. The number of carboxylic acid groups (broad SMARTS) is 1. The van der Waals surface area contributed by atoms with Crippen LogP contribution in [0.15, 0.2) is 48.5 Å². The van der Waals surface area contributed by atoms with Crippen LogP contribution in [-0.2, 0) is 20.7 Å². The van der Waals surface area contributed by atoms with Crippen LogP contribution in [0.25, 0.3) is 11.1 Å². The SMILES string of the molecule is Cc1nc(C)c(C(OC(C)(C)C)C(=O)O)c(N2CCC3(CCOC3)CC2)c1-c1ccc(OCCc2ccc(F)cc2)cc1. The van der Waals surface area contributed by atoms with Crippen molar-refractivity contribution in [2.75, 3.05) is 37.8 Å². The van der Waals surface area contributed by atoms with E-state index < -0.39 is 17.7 Å². The molecular formula is C35H43FN2O5. The number of rotatable bonds is 9. The van der Waals surface area contributed by atoms with Crippen molar-refractivity contribution >= 4 is 11.7 Å². The number of aromatic nitrogens is 1. The maximum atomic E-state index is 13.2. The highest BCUT2D eigenvalue weighted by Gasteiger charge is 2.41. The van der Waals surface area contributed by atoms with Gasteiger partial charge in [-0.25, -0.2) is 9.18 Å². The fourth-order valence-electron chi connectivity index (χ4n) is 6.32. The average molecular weight is 591 g/mol. The van der Waals surface area contributed by atoms with Crippen LogP contribution in [0.2, 0.25) is 0 Å². The Kier molecular flexibility index (Phi) is 9.09. The molecule has 8 heteroatoms. The molecule has 43 heavy (non-hydrogen) atoms. The van der Waals surface area contributed by atoms with E-state index in [1.165, 1.54) is 12.1 Å². The summed E-state index contributed by atoms with van der Waals surface area (Å²) in [5, 5.41) is 10.4. The normalized spacial score (nSPS) is 17.3. The number of pyridine rings is 1. The number of piperidine rings is 1. The molecule has 2 fully saturated rings. The molecule has 1 aromatic heterocycles. The van der Waals surface area contributed by atoms with Crippen LogP contribution in [0.3, 0.4) is 0 Å². The van der Waals surface area contributed by atoms with Gasteiger partial charge in [0, 0.05) is 48.6 Å². The van der Waals surface area contributed by atoms with E-state index in [9.17, 15) is 14.3 Å². The average Bonchev–Trinajstić information content (AvgIpc) is 3.41. The number of aliphatic carboxylic acids is 1. The van der Waals surface area contributed by atoms with Gasteiger partial charge in [0.25, 0.3) is 0 Å². The van der Waals surface area contributed by atoms with Gasteiger partial charge in [0.05, 0.1) is 24.5 Å². The van der Waals surface area contributed by atoms with Gasteiger partial charge in [0.1, 0.15) is 11.6 Å². The van der Waals surface area contributed by atoms with Gasteiger partial charge < -0.3 is 24.2 Å². The number of halogens is 1. The number of hydrogen-bond acceptors (Lipinski definition) is 6. The number of ether oxygens (including phenoxy) is 3. The summed E-state index contributed by atoms with van der Waals surface area (Å²) in [5.74, 6) is -0.552. The number of aryl methyl sites for hydroxylation is 2. The first-order valence-electron chi connectivity index (χ1n) is 15.2. The van der Waals surface area contributed by atoms with E-state index in [2.05, 4.69) is 4.90 Å². The number of benzene rings is 2. The van der Waals surface area contributed by atoms with E-state index >= 15 is 0 Å². The molecule has 0 saturated carbocycles. The lowest BCUT2D eigenvalue weighted by atomic mass is 9.77. The van der Waals surface area contributed by atoms with Crippen LogP contribution in [0.1, 0.15) is 68.7 Å². The smallest absolute Gasteiger partial charge is 0.337 e. The van der Waals surface area contributed by atoms with Gasteiger partial charge >= 0.3 is 5.97 Å². The molecule has 1 N–H and O–H groups in total. The van der Waals surface area contributed by atoms with Gasteiger partial charge in [-0.05, 0) is 94.7 Å². The summed E-state index contributed by atoms with van der Waals surface area (Å²) < 4.78 is 31.2. The van der Waals surface area contributed by atoms with Crippen LogP contribution < -0.4 is 9.64 Å². The molecule has 0 aliphatic carbocycles. The topological polar surface area (TPSA) is 81.1 Å². The summed E-state index contributed by atoms with van der Waals surface area (Å²) in [6.45, 7) is 13.2. The lowest BCUT2D eigenvalue weighted by Crippen LogP contribution is -2.42. The van der Waals surface area contributed by atoms with E-state index in [1.54, 1.807) is 12.1 Å². The fraction of sp³-hybridized carbons (Fsp3) is 0.486. The van der Waals surface area contributed by atoms with Gasteiger partial charge in [-0.3, -0.25) is 4.98 Å². The van der Waals surface area contributed by atoms with Crippen LogP contribution in [0, 0.1) is 25.1 Å². The molecule has 3 heterocycles. The number of carbonyl (C=O) groups is 1. The Hall–Kier alpha value is -3.49. The maximum Gasteiger partial charge on any atom is 0.337 e. The zero-order valence-corrected chi connectivity index (χ0v) is 25.9. The Morgan fingerprint density at radius 3 is 2.30 bits per heavy atom. The molecule has 230 valence electrons. The molecule has 5 rings (SSSR count). The molecule has 2 aliphatic rings. The Balaban J connectivity index is 1.49. The van der Waals surface area contributed by atoms with Crippen LogP contribution in [0.4, 0.5) is 10.1 Å². The summed E-state index contributed by atoms with van der Waals surface area (Å²) in [4.78, 5) is 20.0. The number of carboxylic acids is 1. The number of hydrogen-bond donors (Lipinski definition) is 1. The highest BCUT2D eigenvalue weighted by molar-refractivity contribution is 5.88. The molecular weight excluding hydrogens is 547 g/mol. The van der Waals surface area contributed by atoms with Gasteiger partial charge in [0.15, 0.2) is 6.10 Å². The van der Waals surface area contributed by atoms with Gasteiger partial charge in [0.2, 0.25) is 0 Å². The van der Waals surface area contributed by atoms with Crippen molar-refractivity contribution in [3.63, 3.8) is 0 Å². The number of nitrogens with zero attached hydrogens (tertiary/aromatic N) is 2. The molecule has 1 atom stereocenters. The third kappa shape index (κ3) is 7.19. The largest absolute Gasteiger partial charge is 0.493 e. The second-order valence-corrected chi connectivity index (χ2v) is 12.9. The van der Waals surface area contributed by atoms with Gasteiger partial charge in [-0.15, -0.1) is 0 Å². The molecule has 0 bridgehead atoms. The minimum Gasteiger partial charge on any atom is -0.493 e. The van der Waals surface area contributed by atoms with E-state index in [1.807, 2.05) is 58.9 Å². The van der Waals surface area contributed by atoms with Crippen molar-refractivity contribution < 1.29 is 28.5 Å². The Morgan fingerprint density at radius 2 is 1.72 bits per heavy atom. The molecule has 2 aliphatic heterocycles. The highest BCUT2D eigenvalue weighted by Crippen LogP contribution is 2.46. The molecule has 7 nitrogen and oxygen atoms in total. The van der Waals surface area contributed by atoms with E-state index in [0.29, 0.717) is 24.3 Å². The molecule has 2 aromatic carbocycles. The summed E-state index contributed by atoms with van der Waals surface area (Å²) >= 11 is 0. The van der Waals surface area contributed by atoms with Gasteiger partial charge in [-0.2, -0.15) is 0 Å². The summed E-state index contributed by atoms with van der Waals surface area (Å²) in [5.41, 5.74) is 5.41. The second-order valence-electron chi connectivity index (χ2n) is 12.9. The molecule has 3 aromatic rings. The first kappa shape index (κ1) is 31.0. The summed E-state index contributed by atoms with van der Waals surface area (Å²) in [7, 11) is 0. The minimum atomic E-state index is -1.17. The summed E-state index contributed by atoms with van der Waals surface area (Å²) in [6, 6.07) is 14.3. The first-order valence-corrected chi connectivity index (χ1v) is 15.2. The molecule has 0 radical (unpaired) electrons. The van der Waals surface area contributed by atoms with Crippen molar-refractivity contribution in [3.05, 3.63) is 76.9 Å². The van der Waals surface area contributed by atoms with E-state index in [0.717, 1.165) is 79.4 Å². The van der Waals surface area contributed by atoms with Crippen molar-refractivity contribution in [2.24, 2.45) is 5.41 Å². The summed E-state index contributed by atoms with van der Waals surface area (Å²) in [6.07, 6.45) is 2.56. The Bertz CT molecular complexity index is 1420. The highest BCUT2D eigenvalue weighted by atomic mass is 19.1. The molecule has 2 saturated heterocycles. The first-order chi connectivity index (χ1) is 20.4. The van der Waals surface area contributed by atoms with Crippen LogP contribution in [0.5, 0.6) is 5.75 Å². The predicted molar refractivity (Wildman–Crippen MR) is 165 cm³/mol. The number of anilines is 1. The Labute approximate surface area is 254 Å². The monoisotopic (exact) mass is 590 g/mol. The minimum absolute atomic E-state index is 0.203. The van der Waals surface area contributed by atoms with E-state index in [4.69, 9.17) is 19.2 Å². The van der Waals surface area contributed by atoms with Crippen molar-refractivity contribution in [3.8, 4) is 16.9 Å². The molecule has 1 unspecified atom stereocenters. The quantitative estimate of drug-likeness (QED) is 0.285. The van der Waals surface area contributed by atoms with Crippen molar-refractivity contribution in [1.29, 1.82) is 0 Å². The lowest BCUT2D eigenvalue weighted by molar-refractivity contribution is -0.160. The zero-order chi connectivity index (χ0) is 30.8. The second kappa shape index (κ2) is 12.6. The van der Waals surface area contributed by atoms with Crippen LogP contribution in [-0.4, -0.2) is 54.6 Å². The predicted octanol–water partition coefficient (Wildman–Crippen LogP) is 7.07. The fourth-order valence-corrected chi connectivity index (χ4v) is 6.32. The lowest BCUT2D eigenvalue weighted by Gasteiger charge is -2.42. The van der Waals surface area contributed by atoms with Crippen LogP contribution >= 0.6 is 0 Å². The third-order valence-corrected chi connectivity index (χ3v) is 8.58. The third-order valence-electron chi connectivity index (χ3n) is 8.58. The van der Waals surface area contributed by atoms with E-state index in [-0.39, 0.29) is 11.2 Å². The standard InChI is InChI=1S/C35H43FN2O5/c1-23-29(26-8-12-28(13-9-26)42-20-14-25-6-10-27(36)11-7-25)31(38-18-15-35(16-19-38)17-21-41-22-35)30(24(2)37-23)32(33(39)40)43-34(3,4)5/h6-13,32H,14-22H2,1-5H3,(H,39,40). The molecule has 0 amide bonds. The maximum absolute atomic E-state index is 13.2. The van der Waals surface area contributed by atoms with Gasteiger partial charge in [-0.1, -0.05) is 24.3 Å². The van der Waals surface area contributed by atoms with Crippen molar-refractivity contribution in [1.82, 2.24) is 4.98 Å². The Morgan fingerprint density at radius 1 is 1.05 bits per heavy atom.